The van der Waals surface area contributed by atoms with Crippen LogP contribution in [0.3, 0.4) is 0 Å². The van der Waals surface area contributed by atoms with Crippen LogP contribution < -0.4 is 10.9 Å². The van der Waals surface area contributed by atoms with Crippen LogP contribution in [0.25, 0.3) is 10.9 Å². The lowest BCUT2D eigenvalue weighted by Crippen LogP contribution is -2.28. The van der Waals surface area contributed by atoms with Crippen molar-refractivity contribution in [1.29, 1.82) is 0 Å². The second-order valence-electron chi connectivity index (χ2n) is 4.87. The number of fused-ring (bicyclic) bond motifs is 1. The monoisotopic (exact) mass is 375 g/mol. The Labute approximate surface area is 138 Å². The molecule has 0 radical (unpaired) electrons. The van der Waals surface area contributed by atoms with Gasteiger partial charge in [-0.15, -0.1) is 0 Å². The lowest BCUT2D eigenvalue weighted by atomic mass is 10.2. The third kappa shape index (κ3) is 3.29. The molecule has 0 bridgehead atoms. The van der Waals surface area contributed by atoms with E-state index >= 15 is 0 Å². The Balaban J connectivity index is 1.83. The molecule has 3 aromatic rings. The van der Waals surface area contributed by atoms with Gasteiger partial charge in [-0.25, -0.2) is 9.37 Å². The van der Waals surface area contributed by atoms with Crippen LogP contribution in [0.5, 0.6) is 0 Å². The lowest BCUT2D eigenvalue weighted by molar-refractivity contribution is -0.116. The van der Waals surface area contributed by atoms with Gasteiger partial charge in [0.25, 0.3) is 5.56 Å². The summed E-state index contributed by atoms with van der Waals surface area (Å²) in [4.78, 5) is 28.6. The average molecular weight is 376 g/mol. The van der Waals surface area contributed by atoms with Crippen LogP contribution in [-0.2, 0) is 11.3 Å². The molecule has 0 aliphatic carbocycles. The number of aromatic nitrogens is 2. The number of amides is 1. The number of nitrogens with one attached hydrogen (secondary N) is 1. The summed E-state index contributed by atoms with van der Waals surface area (Å²) in [6.07, 6.45) is 1.34. The van der Waals surface area contributed by atoms with E-state index in [1.807, 2.05) is 0 Å². The molecule has 1 N–H and O–H groups in total. The molecule has 3 rings (SSSR count). The first kappa shape index (κ1) is 15.4. The number of benzene rings is 2. The molecule has 1 heterocycles. The van der Waals surface area contributed by atoms with Crippen molar-refractivity contribution in [3.05, 3.63) is 69.4 Å². The van der Waals surface area contributed by atoms with Crippen molar-refractivity contribution in [3.8, 4) is 0 Å². The van der Waals surface area contributed by atoms with Gasteiger partial charge in [0.15, 0.2) is 0 Å². The number of hydrogen-bond donors (Lipinski definition) is 1. The first-order chi connectivity index (χ1) is 11.0. The summed E-state index contributed by atoms with van der Waals surface area (Å²) in [6, 6.07) is 10.9. The molecule has 0 saturated heterocycles. The summed E-state index contributed by atoms with van der Waals surface area (Å²) in [7, 11) is 0. The normalized spacial score (nSPS) is 10.7. The Kier molecular flexibility index (Phi) is 4.20. The minimum absolute atomic E-state index is 0.180. The molecule has 0 saturated carbocycles. The molecule has 116 valence electrons. The van der Waals surface area contributed by atoms with E-state index in [4.69, 9.17) is 0 Å². The van der Waals surface area contributed by atoms with Crippen LogP contribution in [0.1, 0.15) is 0 Å². The second kappa shape index (κ2) is 6.29. The SMILES string of the molecule is O=C(Cn1cnc2ccccc2c1=O)Nc1ccc(F)cc1Br. The largest absolute Gasteiger partial charge is 0.323 e. The van der Waals surface area contributed by atoms with Gasteiger partial charge in [0.1, 0.15) is 12.4 Å². The Morgan fingerprint density at radius 3 is 2.83 bits per heavy atom. The van der Waals surface area contributed by atoms with E-state index in [1.165, 1.54) is 29.1 Å². The zero-order valence-corrected chi connectivity index (χ0v) is 13.4. The summed E-state index contributed by atoms with van der Waals surface area (Å²) in [5.74, 6) is -0.818. The maximum absolute atomic E-state index is 13.0. The minimum atomic E-state index is -0.412. The number of carbonyl (C=O) groups is 1. The van der Waals surface area contributed by atoms with Gasteiger partial charge < -0.3 is 5.32 Å². The Morgan fingerprint density at radius 2 is 2.04 bits per heavy atom. The van der Waals surface area contributed by atoms with Gasteiger partial charge in [-0.05, 0) is 46.3 Å². The third-order valence-corrected chi connectivity index (χ3v) is 3.91. The molecule has 2 aromatic carbocycles. The third-order valence-electron chi connectivity index (χ3n) is 3.25. The summed E-state index contributed by atoms with van der Waals surface area (Å²) in [6.45, 7) is -0.180. The predicted molar refractivity (Wildman–Crippen MR) is 88.7 cm³/mol. The van der Waals surface area contributed by atoms with Crippen molar-refractivity contribution in [2.24, 2.45) is 0 Å². The number of halogens is 2. The predicted octanol–water partition coefficient (Wildman–Crippen LogP) is 2.94. The van der Waals surface area contributed by atoms with Gasteiger partial charge in [0, 0.05) is 4.47 Å². The number of nitrogens with zero attached hydrogens (tertiary/aromatic N) is 2. The minimum Gasteiger partial charge on any atom is -0.323 e. The van der Waals surface area contributed by atoms with Crippen LogP contribution in [0, 0.1) is 5.82 Å². The molecule has 1 amide bonds. The molecule has 0 aliphatic heterocycles. The standard InChI is InChI=1S/C16H11BrFN3O2/c17-12-7-10(18)5-6-14(12)20-15(22)8-21-9-19-13-4-2-1-3-11(13)16(21)23/h1-7,9H,8H2,(H,20,22). The number of anilines is 1. The van der Waals surface area contributed by atoms with E-state index in [0.717, 1.165) is 0 Å². The number of hydrogen-bond acceptors (Lipinski definition) is 3. The molecule has 1 aromatic heterocycles. The fourth-order valence-corrected chi connectivity index (χ4v) is 2.60. The van der Waals surface area contributed by atoms with Crippen molar-refractivity contribution < 1.29 is 9.18 Å². The summed E-state index contributed by atoms with van der Waals surface area (Å²) < 4.78 is 14.7. The van der Waals surface area contributed by atoms with E-state index in [2.05, 4.69) is 26.2 Å². The fraction of sp³-hybridized carbons (Fsp3) is 0.0625. The highest BCUT2D eigenvalue weighted by molar-refractivity contribution is 9.10. The Hall–Kier alpha value is -2.54. The number of carbonyl (C=O) groups excluding carboxylic acids is 1. The molecular formula is C16H11BrFN3O2. The summed E-state index contributed by atoms with van der Waals surface area (Å²) in [5, 5.41) is 3.07. The Bertz CT molecular complexity index is 955. The molecule has 0 unspecified atom stereocenters. The molecule has 0 fully saturated rings. The molecule has 0 spiro atoms. The zero-order valence-electron chi connectivity index (χ0n) is 11.8. The average Bonchev–Trinajstić information content (AvgIpc) is 2.53. The molecule has 5 nitrogen and oxygen atoms in total. The maximum Gasteiger partial charge on any atom is 0.261 e. The van der Waals surface area contributed by atoms with E-state index in [-0.39, 0.29) is 12.1 Å². The highest BCUT2D eigenvalue weighted by Crippen LogP contribution is 2.22. The summed E-state index contributed by atoms with van der Waals surface area (Å²) >= 11 is 3.17. The van der Waals surface area contributed by atoms with E-state index in [1.54, 1.807) is 24.3 Å². The van der Waals surface area contributed by atoms with E-state index in [9.17, 15) is 14.0 Å². The van der Waals surface area contributed by atoms with Gasteiger partial charge in [-0.3, -0.25) is 14.2 Å². The molecule has 0 aliphatic rings. The molecular weight excluding hydrogens is 365 g/mol. The van der Waals surface area contributed by atoms with Crippen LogP contribution in [0.15, 0.2) is 58.1 Å². The first-order valence-corrected chi connectivity index (χ1v) is 7.53. The zero-order chi connectivity index (χ0) is 16.4. The van der Waals surface area contributed by atoms with Gasteiger partial charge in [-0.1, -0.05) is 12.1 Å². The van der Waals surface area contributed by atoms with Gasteiger partial charge in [-0.2, -0.15) is 0 Å². The van der Waals surface area contributed by atoms with Crippen LogP contribution in [0.4, 0.5) is 10.1 Å². The smallest absolute Gasteiger partial charge is 0.261 e. The van der Waals surface area contributed by atoms with Crippen LogP contribution >= 0.6 is 15.9 Å². The highest BCUT2D eigenvalue weighted by atomic mass is 79.9. The number of para-hydroxylation sites is 1. The van der Waals surface area contributed by atoms with E-state index in [0.29, 0.717) is 21.1 Å². The number of rotatable bonds is 3. The van der Waals surface area contributed by atoms with Crippen molar-refractivity contribution in [2.45, 2.75) is 6.54 Å². The van der Waals surface area contributed by atoms with Crippen molar-refractivity contribution in [3.63, 3.8) is 0 Å². The maximum atomic E-state index is 13.0. The van der Waals surface area contributed by atoms with Crippen molar-refractivity contribution >= 4 is 38.4 Å². The fourth-order valence-electron chi connectivity index (χ4n) is 2.15. The summed E-state index contributed by atoms with van der Waals surface area (Å²) in [5.41, 5.74) is 0.720. The molecule has 23 heavy (non-hydrogen) atoms. The second-order valence-corrected chi connectivity index (χ2v) is 5.72. The lowest BCUT2D eigenvalue weighted by Gasteiger charge is -2.09. The molecule has 7 heteroatoms. The van der Waals surface area contributed by atoms with Crippen molar-refractivity contribution in [1.82, 2.24) is 9.55 Å². The Morgan fingerprint density at radius 1 is 1.26 bits per heavy atom. The van der Waals surface area contributed by atoms with Crippen LogP contribution in [-0.4, -0.2) is 15.5 Å². The van der Waals surface area contributed by atoms with E-state index < -0.39 is 11.7 Å². The first-order valence-electron chi connectivity index (χ1n) is 6.73. The molecule has 0 atom stereocenters. The van der Waals surface area contributed by atoms with Gasteiger partial charge in [0.05, 0.1) is 22.9 Å². The van der Waals surface area contributed by atoms with Gasteiger partial charge >= 0.3 is 0 Å². The highest BCUT2D eigenvalue weighted by Gasteiger charge is 2.10. The van der Waals surface area contributed by atoms with Crippen molar-refractivity contribution in [2.75, 3.05) is 5.32 Å². The van der Waals surface area contributed by atoms with Gasteiger partial charge in [0.2, 0.25) is 5.91 Å². The van der Waals surface area contributed by atoms with Crippen LogP contribution in [0.2, 0.25) is 0 Å². The topological polar surface area (TPSA) is 64.0 Å². The quantitative estimate of drug-likeness (QED) is 0.765.